The van der Waals surface area contributed by atoms with Gasteiger partial charge in [0.1, 0.15) is 12.0 Å². The van der Waals surface area contributed by atoms with E-state index in [1.807, 2.05) is 0 Å². The molecule has 0 atom stereocenters. The Morgan fingerprint density at radius 3 is 2.90 bits per heavy atom. The van der Waals surface area contributed by atoms with E-state index in [2.05, 4.69) is 20.1 Å². The van der Waals surface area contributed by atoms with Crippen molar-refractivity contribution in [3.63, 3.8) is 0 Å². The number of nitrogens with two attached hydrogens (primary N) is 1. The molecule has 2 aromatic heterocycles. The second-order valence-corrected chi connectivity index (χ2v) is 4.54. The highest BCUT2D eigenvalue weighted by molar-refractivity contribution is 6.31. The minimum atomic E-state index is 0.266. The Morgan fingerprint density at radius 2 is 2.10 bits per heavy atom. The van der Waals surface area contributed by atoms with Gasteiger partial charge in [0.15, 0.2) is 0 Å². The fraction of sp³-hybridized carbons (Fsp3) is 0.0769. The van der Waals surface area contributed by atoms with Gasteiger partial charge in [-0.25, -0.2) is 9.97 Å². The highest BCUT2D eigenvalue weighted by atomic mass is 35.5. The molecule has 0 aliphatic heterocycles. The van der Waals surface area contributed by atoms with E-state index < -0.39 is 0 Å². The van der Waals surface area contributed by atoms with Crippen molar-refractivity contribution in [3.8, 4) is 28.9 Å². The van der Waals surface area contributed by atoms with Crippen molar-refractivity contribution in [2.75, 3.05) is 12.8 Å². The van der Waals surface area contributed by atoms with Crippen LogP contribution in [-0.4, -0.2) is 27.2 Å². The predicted octanol–water partition coefficient (Wildman–Crippen LogP) is 2.44. The number of hydrogen-bond donors (Lipinski definition) is 1. The molecule has 3 aromatic rings. The van der Waals surface area contributed by atoms with Crippen LogP contribution >= 0.6 is 11.6 Å². The summed E-state index contributed by atoms with van der Waals surface area (Å²) >= 11 is 5.95. The quantitative estimate of drug-likeness (QED) is 0.742. The molecule has 1 aromatic carbocycles. The van der Waals surface area contributed by atoms with Crippen LogP contribution in [0.25, 0.3) is 23.0 Å². The lowest BCUT2D eigenvalue weighted by atomic mass is 10.2. The maximum absolute atomic E-state index is 5.95. The number of ether oxygens (including phenoxy) is 1. The maximum atomic E-state index is 5.95. The van der Waals surface area contributed by atoms with Gasteiger partial charge in [0, 0.05) is 16.8 Å². The third kappa shape index (κ3) is 2.63. The number of halogens is 1. The van der Waals surface area contributed by atoms with Gasteiger partial charge in [-0.2, -0.15) is 4.98 Å². The Morgan fingerprint density at radius 1 is 1.24 bits per heavy atom. The van der Waals surface area contributed by atoms with E-state index in [1.165, 1.54) is 13.4 Å². The number of benzene rings is 1. The number of methoxy groups -OCH3 is 1. The number of anilines is 1. The number of nitrogens with zero attached hydrogens (tertiary/aromatic N) is 4. The SMILES string of the molecule is COc1cc(-c2noc(-c3cc(Cl)ccc3N)n2)ncn1. The Bertz CT molecular complexity index is 790. The van der Waals surface area contributed by atoms with Crippen molar-refractivity contribution >= 4 is 17.3 Å². The normalized spacial score (nSPS) is 10.6. The van der Waals surface area contributed by atoms with Crippen LogP contribution in [0.3, 0.4) is 0 Å². The zero-order chi connectivity index (χ0) is 14.8. The molecule has 3 rings (SSSR count). The van der Waals surface area contributed by atoms with Gasteiger partial charge in [-0.1, -0.05) is 16.8 Å². The third-order valence-corrected chi connectivity index (χ3v) is 2.99. The Balaban J connectivity index is 2.01. The van der Waals surface area contributed by atoms with Crippen molar-refractivity contribution in [2.45, 2.75) is 0 Å². The van der Waals surface area contributed by atoms with E-state index in [9.17, 15) is 0 Å². The summed E-state index contributed by atoms with van der Waals surface area (Å²) in [5, 5.41) is 4.41. The summed E-state index contributed by atoms with van der Waals surface area (Å²) in [5.74, 6) is 0.987. The van der Waals surface area contributed by atoms with E-state index >= 15 is 0 Å². The molecule has 0 spiro atoms. The van der Waals surface area contributed by atoms with Crippen LogP contribution in [0, 0.1) is 0 Å². The molecule has 0 saturated carbocycles. The van der Waals surface area contributed by atoms with Gasteiger partial charge in [-0.3, -0.25) is 0 Å². The molecule has 0 unspecified atom stereocenters. The monoisotopic (exact) mass is 303 g/mol. The van der Waals surface area contributed by atoms with Crippen LogP contribution < -0.4 is 10.5 Å². The molecule has 0 aliphatic carbocycles. The second kappa shape index (κ2) is 5.37. The van der Waals surface area contributed by atoms with Crippen molar-refractivity contribution in [1.82, 2.24) is 20.1 Å². The van der Waals surface area contributed by atoms with Crippen LogP contribution in [0.15, 0.2) is 35.1 Å². The lowest BCUT2D eigenvalue weighted by molar-refractivity contribution is 0.397. The summed E-state index contributed by atoms with van der Waals surface area (Å²) in [7, 11) is 1.51. The van der Waals surface area contributed by atoms with Gasteiger partial charge in [0.05, 0.1) is 12.7 Å². The van der Waals surface area contributed by atoms with Gasteiger partial charge in [0.25, 0.3) is 5.89 Å². The first-order chi connectivity index (χ1) is 10.2. The molecular weight excluding hydrogens is 294 g/mol. The van der Waals surface area contributed by atoms with E-state index in [0.29, 0.717) is 33.7 Å². The molecule has 0 amide bonds. The summed E-state index contributed by atoms with van der Waals surface area (Å²) in [5.41, 5.74) is 7.43. The number of rotatable bonds is 3. The Kier molecular flexibility index (Phi) is 3.41. The molecule has 106 valence electrons. The highest BCUT2D eigenvalue weighted by Crippen LogP contribution is 2.29. The second-order valence-electron chi connectivity index (χ2n) is 4.10. The predicted molar refractivity (Wildman–Crippen MR) is 76.7 cm³/mol. The summed E-state index contributed by atoms with van der Waals surface area (Å²) < 4.78 is 10.2. The summed E-state index contributed by atoms with van der Waals surface area (Å²) in [6, 6.07) is 6.63. The first kappa shape index (κ1) is 13.3. The first-order valence-corrected chi connectivity index (χ1v) is 6.30. The Labute approximate surface area is 124 Å². The van der Waals surface area contributed by atoms with Crippen LogP contribution in [0.4, 0.5) is 5.69 Å². The van der Waals surface area contributed by atoms with Crippen molar-refractivity contribution in [2.24, 2.45) is 0 Å². The lowest BCUT2D eigenvalue weighted by Gasteiger charge is -2.00. The molecule has 0 radical (unpaired) electrons. The van der Waals surface area contributed by atoms with Crippen molar-refractivity contribution < 1.29 is 9.26 Å². The van der Waals surface area contributed by atoms with E-state index in [0.717, 1.165) is 0 Å². The minimum absolute atomic E-state index is 0.266. The van der Waals surface area contributed by atoms with E-state index in [-0.39, 0.29) is 5.89 Å². The average Bonchev–Trinajstić information content (AvgIpc) is 2.99. The fourth-order valence-corrected chi connectivity index (χ4v) is 1.90. The molecule has 21 heavy (non-hydrogen) atoms. The summed E-state index contributed by atoms with van der Waals surface area (Å²) in [6.07, 6.45) is 1.36. The molecular formula is C13H10ClN5O2. The molecule has 0 saturated heterocycles. The molecule has 0 fully saturated rings. The molecule has 0 aliphatic rings. The number of aromatic nitrogens is 4. The van der Waals surface area contributed by atoms with Gasteiger partial charge in [0.2, 0.25) is 11.7 Å². The minimum Gasteiger partial charge on any atom is -0.481 e. The average molecular weight is 304 g/mol. The first-order valence-electron chi connectivity index (χ1n) is 5.93. The highest BCUT2D eigenvalue weighted by Gasteiger charge is 2.15. The van der Waals surface area contributed by atoms with E-state index in [4.69, 9.17) is 26.6 Å². The van der Waals surface area contributed by atoms with Gasteiger partial charge in [-0.15, -0.1) is 0 Å². The number of hydrogen-bond acceptors (Lipinski definition) is 7. The maximum Gasteiger partial charge on any atom is 0.260 e. The summed E-state index contributed by atoms with van der Waals surface area (Å²) in [4.78, 5) is 12.3. The molecule has 8 heteroatoms. The van der Waals surface area contributed by atoms with Crippen molar-refractivity contribution in [1.29, 1.82) is 0 Å². The lowest BCUT2D eigenvalue weighted by Crippen LogP contribution is -1.92. The standard InChI is InChI=1S/C13H10ClN5O2/c1-20-11-5-10(16-6-17-11)12-18-13(21-19-12)8-4-7(14)2-3-9(8)15/h2-6H,15H2,1H3. The fourth-order valence-electron chi connectivity index (χ4n) is 1.72. The van der Waals surface area contributed by atoms with E-state index in [1.54, 1.807) is 24.3 Å². The molecule has 0 bridgehead atoms. The molecule has 2 N–H and O–H groups in total. The summed E-state index contributed by atoms with van der Waals surface area (Å²) in [6.45, 7) is 0. The van der Waals surface area contributed by atoms with Crippen LogP contribution in [0.5, 0.6) is 5.88 Å². The zero-order valence-electron chi connectivity index (χ0n) is 10.9. The molecule has 7 nitrogen and oxygen atoms in total. The largest absolute Gasteiger partial charge is 0.481 e. The zero-order valence-corrected chi connectivity index (χ0v) is 11.7. The van der Waals surface area contributed by atoms with Crippen LogP contribution in [0.2, 0.25) is 5.02 Å². The topological polar surface area (TPSA) is 100.0 Å². The van der Waals surface area contributed by atoms with Crippen LogP contribution in [-0.2, 0) is 0 Å². The number of nitrogen functional groups attached to an aromatic ring is 1. The van der Waals surface area contributed by atoms with Gasteiger partial charge in [-0.05, 0) is 18.2 Å². The molecule has 2 heterocycles. The van der Waals surface area contributed by atoms with Crippen molar-refractivity contribution in [3.05, 3.63) is 35.6 Å². The smallest absolute Gasteiger partial charge is 0.260 e. The van der Waals surface area contributed by atoms with Gasteiger partial charge < -0.3 is 15.0 Å². The van der Waals surface area contributed by atoms with Gasteiger partial charge >= 0.3 is 0 Å². The Hall–Kier alpha value is -2.67. The van der Waals surface area contributed by atoms with Crippen LogP contribution in [0.1, 0.15) is 0 Å². The third-order valence-electron chi connectivity index (χ3n) is 2.75.